The van der Waals surface area contributed by atoms with Crippen LogP contribution in [-0.2, 0) is 4.74 Å². The third-order valence-electron chi connectivity index (χ3n) is 5.47. The number of ether oxygens (including phenoxy) is 2. The molecule has 0 radical (unpaired) electrons. The van der Waals surface area contributed by atoms with Gasteiger partial charge in [-0.05, 0) is 12.1 Å². The van der Waals surface area contributed by atoms with Crippen LogP contribution in [0.15, 0.2) is 27.4 Å². The first kappa shape index (κ1) is 24.2. The van der Waals surface area contributed by atoms with Crippen LogP contribution in [0.25, 0.3) is 22.3 Å². The third kappa shape index (κ3) is 3.88. The van der Waals surface area contributed by atoms with Gasteiger partial charge in [0.15, 0.2) is 34.3 Å². The van der Waals surface area contributed by atoms with Crippen LogP contribution < -0.4 is 10.2 Å². The SMILES string of the molecule is O=c1c(OC2OC(CO)C(O)C(O)C2O)c(-c2cc(O)c(O)c(O)c2)oc2c(O)c(O)cc(O)c12. The number of hydrogen-bond acceptors (Lipinski definition) is 14. The van der Waals surface area contributed by atoms with E-state index >= 15 is 0 Å². The van der Waals surface area contributed by atoms with E-state index in [2.05, 4.69) is 0 Å². The second kappa shape index (κ2) is 8.68. The van der Waals surface area contributed by atoms with Gasteiger partial charge in [-0.2, -0.15) is 0 Å². The Labute approximate surface area is 193 Å². The molecule has 5 atom stereocenters. The van der Waals surface area contributed by atoms with Gasteiger partial charge in [-0.25, -0.2) is 0 Å². The summed E-state index contributed by atoms with van der Waals surface area (Å²) in [7, 11) is 0. The van der Waals surface area contributed by atoms with Crippen molar-refractivity contribution < 1.29 is 65.0 Å². The van der Waals surface area contributed by atoms with Crippen LogP contribution in [0.3, 0.4) is 0 Å². The van der Waals surface area contributed by atoms with Gasteiger partial charge in [0.05, 0.1) is 6.61 Å². The molecule has 14 nitrogen and oxygen atoms in total. The fraction of sp³-hybridized carbons (Fsp3) is 0.286. The lowest BCUT2D eigenvalue weighted by Crippen LogP contribution is -2.60. The molecule has 3 aromatic rings. The summed E-state index contributed by atoms with van der Waals surface area (Å²) in [5.41, 5.74) is -2.24. The zero-order chi connectivity index (χ0) is 25.8. The molecule has 2 heterocycles. The van der Waals surface area contributed by atoms with Gasteiger partial charge in [0, 0.05) is 11.6 Å². The molecule has 188 valence electrons. The predicted octanol–water partition coefficient (Wildman–Crippen LogP) is -1.13. The first-order valence-corrected chi connectivity index (χ1v) is 9.93. The number of benzene rings is 2. The van der Waals surface area contributed by atoms with Gasteiger partial charge in [-0.3, -0.25) is 4.79 Å². The second-order valence-electron chi connectivity index (χ2n) is 7.74. The summed E-state index contributed by atoms with van der Waals surface area (Å²) >= 11 is 0. The summed E-state index contributed by atoms with van der Waals surface area (Å²) in [6.45, 7) is -0.808. The summed E-state index contributed by atoms with van der Waals surface area (Å²) < 4.78 is 16.1. The highest BCUT2D eigenvalue weighted by Gasteiger charge is 2.45. The van der Waals surface area contributed by atoms with E-state index in [4.69, 9.17) is 13.9 Å². The molecule has 2 aromatic carbocycles. The molecule has 35 heavy (non-hydrogen) atoms. The molecule has 1 fully saturated rings. The van der Waals surface area contributed by atoms with E-state index in [1.54, 1.807) is 0 Å². The minimum absolute atomic E-state index is 0.321. The largest absolute Gasteiger partial charge is 0.507 e. The van der Waals surface area contributed by atoms with Crippen LogP contribution in [-0.4, -0.2) is 88.4 Å². The van der Waals surface area contributed by atoms with Gasteiger partial charge < -0.3 is 65.0 Å². The molecule has 0 spiro atoms. The van der Waals surface area contributed by atoms with E-state index in [1.165, 1.54) is 0 Å². The maximum absolute atomic E-state index is 13.3. The first-order valence-electron chi connectivity index (χ1n) is 9.93. The number of phenols is 6. The maximum atomic E-state index is 13.3. The van der Waals surface area contributed by atoms with E-state index in [1.807, 2.05) is 0 Å². The number of hydrogen-bond donors (Lipinski definition) is 10. The van der Waals surface area contributed by atoms with E-state index < -0.39 is 99.7 Å². The molecule has 10 N–H and O–H groups in total. The molecule has 5 unspecified atom stereocenters. The summed E-state index contributed by atoms with van der Waals surface area (Å²) in [6.07, 6.45) is -8.88. The van der Waals surface area contributed by atoms with Crippen molar-refractivity contribution >= 4 is 11.0 Å². The topological polar surface area (TPSA) is 251 Å². The molecule has 1 saturated heterocycles. The molecule has 0 bridgehead atoms. The molecular weight excluding hydrogens is 476 g/mol. The molecule has 0 aliphatic carbocycles. The molecule has 1 aromatic heterocycles. The van der Waals surface area contributed by atoms with Crippen molar-refractivity contribution in [3.63, 3.8) is 0 Å². The summed E-state index contributed by atoms with van der Waals surface area (Å²) in [4.78, 5) is 13.3. The minimum Gasteiger partial charge on any atom is -0.507 e. The zero-order valence-corrected chi connectivity index (χ0v) is 17.4. The van der Waals surface area contributed by atoms with Crippen LogP contribution in [0, 0.1) is 0 Å². The van der Waals surface area contributed by atoms with Crippen LogP contribution in [0.4, 0.5) is 0 Å². The van der Waals surface area contributed by atoms with Gasteiger partial charge in [-0.15, -0.1) is 0 Å². The van der Waals surface area contributed by atoms with Crippen molar-refractivity contribution in [3.8, 4) is 51.6 Å². The Morgan fingerprint density at radius 3 is 2.00 bits per heavy atom. The number of aliphatic hydroxyl groups excluding tert-OH is 4. The van der Waals surface area contributed by atoms with Gasteiger partial charge in [0.2, 0.25) is 23.2 Å². The molecule has 14 heteroatoms. The first-order chi connectivity index (χ1) is 16.5. The van der Waals surface area contributed by atoms with Crippen molar-refractivity contribution in [3.05, 3.63) is 28.4 Å². The average molecular weight is 496 g/mol. The van der Waals surface area contributed by atoms with Crippen molar-refractivity contribution in [1.82, 2.24) is 0 Å². The fourth-order valence-corrected chi connectivity index (χ4v) is 3.62. The lowest BCUT2D eigenvalue weighted by atomic mass is 9.99. The summed E-state index contributed by atoms with van der Waals surface area (Å²) in [6, 6.07) is 2.31. The lowest BCUT2D eigenvalue weighted by Gasteiger charge is -2.39. The lowest BCUT2D eigenvalue weighted by molar-refractivity contribution is -0.277. The zero-order valence-electron chi connectivity index (χ0n) is 17.4. The van der Waals surface area contributed by atoms with E-state index in [9.17, 15) is 55.9 Å². The van der Waals surface area contributed by atoms with Crippen LogP contribution in [0.1, 0.15) is 0 Å². The highest BCUT2D eigenvalue weighted by molar-refractivity contribution is 5.93. The average Bonchev–Trinajstić information content (AvgIpc) is 2.81. The number of phenolic OH excluding ortho intramolecular Hbond substituents is 6. The molecule has 0 saturated carbocycles. The van der Waals surface area contributed by atoms with Gasteiger partial charge in [0.1, 0.15) is 35.6 Å². The van der Waals surface area contributed by atoms with Crippen LogP contribution in [0.2, 0.25) is 0 Å². The minimum atomic E-state index is -1.96. The maximum Gasteiger partial charge on any atom is 0.239 e. The smallest absolute Gasteiger partial charge is 0.239 e. The monoisotopic (exact) mass is 496 g/mol. The van der Waals surface area contributed by atoms with E-state index in [-0.39, 0.29) is 5.56 Å². The Morgan fingerprint density at radius 2 is 1.40 bits per heavy atom. The van der Waals surface area contributed by atoms with Crippen LogP contribution in [0.5, 0.6) is 40.2 Å². The molecule has 1 aliphatic rings. The summed E-state index contributed by atoms with van der Waals surface area (Å²) in [5, 5.41) is 98.6. The van der Waals surface area contributed by atoms with Crippen molar-refractivity contribution in [1.29, 1.82) is 0 Å². The van der Waals surface area contributed by atoms with Crippen molar-refractivity contribution in [2.24, 2.45) is 0 Å². The van der Waals surface area contributed by atoms with Gasteiger partial charge in [-0.1, -0.05) is 0 Å². The molecule has 1 aliphatic heterocycles. The fourth-order valence-electron chi connectivity index (χ4n) is 3.62. The molecular formula is C21H20O14. The number of aliphatic hydroxyl groups is 4. The normalized spacial score (nSPS) is 24.5. The number of aromatic hydroxyl groups is 6. The molecule has 4 rings (SSSR count). The second-order valence-corrected chi connectivity index (χ2v) is 7.74. The summed E-state index contributed by atoms with van der Waals surface area (Å²) in [5.74, 6) is -6.77. The number of rotatable bonds is 4. The Hall–Kier alpha value is -3.95. The number of fused-ring (bicyclic) bond motifs is 1. The van der Waals surface area contributed by atoms with Crippen molar-refractivity contribution in [2.45, 2.75) is 30.7 Å². The highest BCUT2D eigenvalue weighted by Crippen LogP contribution is 2.45. The van der Waals surface area contributed by atoms with Crippen molar-refractivity contribution in [2.75, 3.05) is 6.61 Å². The Bertz CT molecular complexity index is 1320. The quantitative estimate of drug-likeness (QED) is 0.152. The Morgan fingerprint density at radius 1 is 0.800 bits per heavy atom. The highest BCUT2D eigenvalue weighted by atomic mass is 16.7. The standard InChI is InChI=1S/C21H20O14/c22-4-10-14(29)16(31)17(32)21(33-10)35-20-15(30)11-6(23)3-9(26)13(28)19(11)34-18(20)5-1-7(24)12(27)8(25)2-5/h1-3,10,14,16-17,21-29,31-32H,4H2. The van der Waals surface area contributed by atoms with Gasteiger partial charge in [0.25, 0.3) is 0 Å². The van der Waals surface area contributed by atoms with Gasteiger partial charge >= 0.3 is 0 Å². The third-order valence-corrected chi connectivity index (χ3v) is 5.47. The van der Waals surface area contributed by atoms with E-state index in [0.717, 1.165) is 12.1 Å². The Kier molecular flexibility index (Phi) is 6.00. The van der Waals surface area contributed by atoms with Crippen LogP contribution >= 0.6 is 0 Å². The molecule has 0 amide bonds. The Balaban J connectivity index is 1.97. The van der Waals surface area contributed by atoms with E-state index in [0.29, 0.717) is 6.07 Å². The predicted molar refractivity (Wildman–Crippen MR) is 112 cm³/mol.